The zero-order chi connectivity index (χ0) is 13.1. The van der Waals surface area contributed by atoms with Crippen molar-refractivity contribution in [3.63, 3.8) is 0 Å². The van der Waals surface area contributed by atoms with E-state index in [9.17, 15) is 13.2 Å². The van der Waals surface area contributed by atoms with Gasteiger partial charge in [0.15, 0.2) is 0 Å². The van der Waals surface area contributed by atoms with Gasteiger partial charge in [0.2, 0.25) is 0 Å². The van der Waals surface area contributed by atoms with Crippen LogP contribution in [0.4, 0.5) is 13.2 Å². The molecule has 0 bridgehead atoms. The lowest BCUT2D eigenvalue weighted by atomic mass is 10.0. The van der Waals surface area contributed by atoms with Crippen LogP contribution < -0.4 is 4.74 Å². The minimum Gasteiger partial charge on any atom is -0.406 e. The summed E-state index contributed by atoms with van der Waals surface area (Å²) in [4.78, 5) is 0. The molecule has 0 aliphatic heterocycles. The Morgan fingerprint density at radius 3 is 2.41 bits per heavy atom. The lowest BCUT2D eigenvalue weighted by molar-refractivity contribution is -0.274. The van der Waals surface area contributed by atoms with Gasteiger partial charge in [-0.15, -0.1) is 13.2 Å². The lowest BCUT2D eigenvalue weighted by Crippen LogP contribution is -2.17. The van der Waals surface area contributed by atoms with Gasteiger partial charge in [-0.05, 0) is 41.7 Å². The molecule has 0 atom stereocenters. The van der Waals surface area contributed by atoms with Crippen molar-refractivity contribution in [2.75, 3.05) is 0 Å². The Morgan fingerprint density at radius 1 is 1.29 bits per heavy atom. The first kappa shape index (κ1) is 13.6. The second-order valence-electron chi connectivity index (χ2n) is 4.19. The highest BCUT2D eigenvalue weighted by molar-refractivity contribution is 5.37. The molecule has 0 saturated heterocycles. The molecule has 1 aromatic rings. The summed E-state index contributed by atoms with van der Waals surface area (Å²) in [5, 5.41) is 0. The van der Waals surface area contributed by atoms with E-state index in [-0.39, 0.29) is 5.75 Å². The first-order chi connectivity index (χ1) is 7.80. The van der Waals surface area contributed by atoms with Crippen LogP contribution in [0.1, 0.15) is 25.0 Å². The van der Waals surface area contributed by atoms with Gasteiger partial charge in [-0.3, -0.25) is 0 Å². The van der Waals surface area contributed by atoms with Crippen molar-refractivity contribution in [3.8, 4) is 5.75 Å². The number of halogens is 3. The standard InChI is InChI=1S/C13H14F3O/c1-4-10-6-11(5-9(2)3)8-12(7-10)17-13(14,15)16/h6-9H,1,5H2,2-3H3. The molecule has 0 unspecified atom stereocenters. The summed E-state index contributed by atoms with van der Waals surface area (Å²) in [5.41, 5.74) is 1.29. The van der Waals surface area contributed by atoms with Crippen LogP contribution in [-0.4, -0.2) is 6.36 Å². The number of ether oxygens (including phenoxy) is 1. The number of hydrogen-bond acceptors (Lipinski definition) is 1. The van der Waals surface area contributed by atoms with Gasteiger partial charge in [0.25, 0.3) is 0 Å². The Morgan fingerprint density at radius 2 is 1.94 bits per heavy atom. The zero-order valence-electron chi connectivity index (χ0n) is 9.77. The van der Waals surface area contributed by atoms with Crippen molar-refractivity contribution in [1.29, 1.82) is 0 Å². The summed E-state index contributed by atoms with van der Waals surface area (Å²) in [6.07, 6.45) is -1.42. The molecule has 1 rings (SSSR count). The highest BCUT2D eigenvalue weighted by Gasteiger charge is 2.31. The van der Waals surface area contributed by atoms with E-state index in [1.54, 1.807) is 6.07 Å². The molecule has 0 aliphatic rings. The van der Waals surface area contributed by atoms with E-state index in [2.05, 4.69) is 17.4 Å². The molecule has 0 aromatic heterocycles. The van der Waals surface area contributed by atoms with Crippen LogP contribution in [0.25, 0.3) is 0 Å². The van der Waals surface area contributed by atoms with Crippen LogP contribution in [0.3, 0.4) is 0 Å². The molecule has 0 saturated carbocycles. The Balaban J connectivity index is 3.01. The smallest absolute Gasteiger partial charge is 0.406 e. The minimum atomic E-state index is -4.67. The maximum Gasteiger partial charge on any atom is 0.573 e. The average Bonchev–Trinajstić information content (AvgIpc) is 2.13. The molecular formula is C13H14F3O. The van der Waals surface area contributed by atoms with Crippen molar-refractivity contribution in [3.05, 3.63) is 42.0 Å². The van der Waals surface area contributed by atoms with E-state index in [1.807, 2.05) is 13.8 Å². The molecule has 4 heteroatoms. The van der Waals surface area contributed by atoms with Crippen molar-refractivity contribution in [1.82, 2.24) is 0 Å². The molecule has 0 fully saturated rings. The first-order valence-electron chi connectivity index (χ1n) is 5.23. The van der Waals surface area contributed by atoms with Gasteiger partial charge in [0.05, 0.1) is 0 Å². The fourth-order valence-electron chi connectivity index (χ4n) is 1.54. The third-order valence-corrected chi connectivity index (χ3v) is 2.05. The topological polar surface area (TPSA) is 9.23 Å². The van der Waals surface area contributed by atoms with Gasteiger partial charge in [-0.1, -0.05) is 26.5 Å². The van der Waals surface area contributed by atoms with Gasteiger partial charge >= 0.3 is 6.36 Å². The summed E-state index contributed by atoms with van der Waals surface area (Å²) in [6.45, 7) is 7.42. The Bertz CT molecular complexity index is 394. The molecule has 0 amide bonds. The van der Waals surface area contributed by atoms with Crippen LogP contribution in [0.15, 0.2) is 24.8 Å². The molecule has 1 radical (unpaired) electrons. The van der Waals surface area contributed by atoms with E-state index < -0.39 is 6.36 Å². The fraction of sp³-hybridized carbons (Fsp3) is 0.385. The molecular weight excluding hydrogens is 229 g/mol. The van der Waals surface area contributed by atoms with Crippen LogP contribution in [-0.2, 0) is 6.42 Å². The predicted octanol–water partition coefficient (Wildman–Crippen LogP) is 4.12. The van der Waals surface area contributed by atoms with Gasteiger partial charge in [0, 0.05) is 0 Å². The monoisotopic (exact) mass is 243 g/mol. The van der Waals surface area contributed by atoms with Gasteiger partial charge in [0.1, 0.15) is 5.75 Å². The maximum atomic E-state index is 12.1. The highest BCUT2D eigenvalue weighted by atomic mass is 19.4. The van der Waals surface area contributed by atoms with Crippen molar-refractivity contribution in [2.24, 2.45) is 5.92 Å². The van der Waals surface area contributed by atoms with E-state index in [0.717, 1.165) is 5.56 Å². The summed E-state index contributed by atoms with van der Waals surface area (Å²) in [5.74, 6) is 0.135. The summed E-state index contributed by atoms with van der Waals surface area (Å²) in [6, 6.07) is 4.43. The van der Waals surface area contributed by atoms with Crippen molar-refractivity contribution >= 4 is 0 Å². The molecule has 17 heavy (non-hydrogen) atoms. The van der Waals surface area contributed by atoms with Crippen LogP contribution in [0, 0.1) is 12.0 Å². The number of rotatable bonds is 4. The normalized spacial score (nSPS) is 11.6. The van der Waals surface area contributed by atoms with Gasteiger partial charge in [-0.25, -0.2) is 0 Å². The number of hydrogen-bond donors (Lipinski definition) is 0. The zero-order valence-corrected chi connectivity index (χ0v) is 9.77. The second kappa shape index (κ2) is 5.25. The Kier molecular flexibility index (Phi) is 4.21. The SMILES string of the molecule is C=[C]c1cc(CC(C)C)cc(OC(F)(F)F)c1. The van der Waals surface area contributed by atoms with Crippen LogP contribution in [0.2, 0.25) is 0 Å². The molecule has 0 aliphatic carbocycles. The quantitative estimate of drug-likeness (QED) is 0.772. The van der Waals surface area contributed by atoms with E-state index >= 15 is 0 Å². The molecule has 0 N–H and O–H groups in total. The average molecular weight is 243 g/mol. The summed E-state index contributed by atoms with van der Waals surface area (Å²) >= 11 is 0. The number of alkyl halides is 3. The van der Waals surface area contributed by atoms with E-state index in [4.69, 9.17) is 0 Å². The third kappa shape index (κ3) is 4.93. The summed E-state index contributed by atoms with van der Waals surface area (Å²) < 4.78 is 40.2. The molecule has 93 valence electrons. The minimum absolute atomic E-state index is 0.221. The predicted molar refractivity (Wildman–Crippen MR) is 59.6 cm³/mol. The Labute approximate surface area is 98.9 Å². The molecule has 1 aromatic carbocycles. The van der Waals surface area contributed by atoms with Crippen molar-refractivity contribution in [2.45, 2.75) is 26.6 Å². The molecule has 0 spiro atoms. The van der Waals surface area contributed by atoms with Gasteiger partial charge < -0.3 is 4.74 Å². The van der Waals surface area contributed by atoms with Crippen LogP contribution >= 0.6 is 0 Å². The van der Waals surface area contributed by atoms with Gasteiger partial charge in [-0.2, -0.15) is 0 Å². The van der Waals surface area contributed by atoms with E-state index in [1.165, 1.54) is 12.1 Å². The molecule has 1 nitrogen and oxygen atoms in total. The first-order valence-corrected chi connectivity index (χ1v) is 5.23. The van der Waals surface area contributed by atoms with Crippen molar-refractivity contribution < 1.29 is 17.9 Å². The Hall–Kier alpha value is -1.45. The maximum absolute atomic E-state index is 12.1. The largest absolute Gasteiger partial charge is 0.573 e. The van der Waals surface area contributed by atoms with E-state index in [0.29, 0.717) is 17.9 Å². The third-order valence-electron chi connectivity index (χ3n) is 2.05. The lowest BCUT2D eigenvalue weighted by Gasteiger charge is -2.12. The highest BCUT2D eigenvalue weighted by Crippen LogP contribution is 2.26. The van der Waals surface area contributed by atoms with Crippen LogP contribution in [0.5, 0.6) is 5.75 Å². The second-order valence-corrected chi connectivity index (χ2v) is 4.19. The fourth-order valence-corrected chi connectivity index (χ4v) is 1.54. The molecule has 0 heterocycles. The summed E-state index contributed by atoms with van der Waals surface area (Å²) in [7, 11) is 0. The number of benzene rings is 1.